The number of anilines is 1. The van der Waals surface area contributed by atoms with Crippen LogP contribution in [0.3, 0.4) is 0 Å². The van der Waals surface area contributed by atoms with Gasteiger partial charge in [0.05, 0.1) is 17.4 Å². The minimum Gasteiger partial charge on any atom is -0.397 e. The van der Waals surface area contributed by atoms with E-state index in [1.165, 1.54) is 6.20 Å². The lowest BCUT2D eigenvalue weighted by Crippen LogP contribution is -1.88. The molecule has 2 rings (SSSR count). The molecule has 0 radical (unpaired) electrons. The second-order valence-electron chi connectivity index (χ2n) is 2.69. The maximum Gasteiger partial charge on any atom is 0.165 e. The van der Waals surface area contributed by atoms with Crippen molar-refractivity contribution in [1.29, 1.82) is 0 Å². The zero-order chi connectivity index (χ0) is 8.72. The number of pyridine rings is 1. The van der Waals surface area contributed by atoms with E-state index in [1.54, 1.807) is 13.1 Å². The Morgan fingerprint density at radius 3 is 3.00 bits per heavy atom. The molecule has 0 atom stereocenters. The average molecular weight is 165 g/mol. The molecule has 2 aromatic rings. The smallest absolute Gasteiger partial charge is 0.165 e. The fourth-order valence-electron chi connectivity index (χ4n) is 1.30. The van der Waals surface area contributed by atoms with E-state index >= 15 is 0 Å². The third-order valence-corrected chi connectivity index (χ3v) is 1.88. The quantitative estimate of drug-likeness (QED) is 0.622. The number of aromatic nitrogens is 2. The second-order valence-corrected chi connectivity index (χ2v) is 2.69. The zero-order valence-corrected chi connectivity index (χ0v) is 6.56. The zero-order valence-electron chi connectivity index (χ0n) is 6.56. The minimum atomic E-state index is -0.368. The van der Waals surface area contributed by atoms with Crippen molar-refractivity contribution in [2.45, 2.75) is 6.92 Å². The lowest BCUT2D eigenvalue weighted by Gasteiger charge is -1.96. The standard InChI is InChI=1S/C8H8FN3/c1-4-7-6(10)3-12-8(7)5(9)2-11-4/h2-3,12H,10H2,1H3. The maximum atomic E-state index is 13.0. The summed E-state index contributed by atoms with van der Waals surface area (Å²) in [6.45, 7) is 1.80. The predicted octanol–water partition coefficient (Wildman–Crippen LogP) is 1.59. The van der Waals surface area contributed by atoms with Gasteiger partial charge in [-0.15, -0.1) is 0 Å². The molecule has 4 heteroatoms. The van der Waals surface area contributed by atoms with Crippen LogP contribution in [0.15, 0.2) is 12.4 Å². The van der Waals surface area contributed by atoms with Gasteiger partial charge >= 0.3 is 0 Å². The Morgan fingerprint density at radius 2 is 2.33 bits per heavy atom. The number of aromatic amines is 1. The largest absolute Gasteiger partial charge is 0.397 e. The van der Waals surface area contributed by atoms with E-state index in [0.717, 1.165) is 5.69 Å². The van der Waals surface area contributed by atoms with Crippen LogP contribution >= 0.6 is 0 Å². The van der Waals surface area contributed by atoms with Crippen molar-refractivity contribution in [2.24, 2.45) is 0 Å². The summed E-state index contributed by atoms with van der Waals surface area (Å²) in [5.74, 6) is -0.368. The van der Waals surface area contributed by atoms with Gasteiger partial charge in [-0.1, -0.05) is 0 Å². The Kier molecular flexibility index (Phi) is 1.30. The van der Waals surface area contributed by atoms with Crippen LogP contribution in [-0.2, 0) is 0 Å². The summed E-state index contributed by atoms with van der Waals surface area (Å²) in [7, 11) is 0. The number of hydrogen-bond acceptors (Lipinski definition) is 2. The van der Waals surface area contributed by atoms with Gasteiger partial charge < -0.3 is 10.7 Å². The molecule has 0 amide bonds. The molecule has 0 fully saturated rings. The number of aryl methyl sites for hydroxylation is 1. The molecule has 3 nitrogen and oxygen atoms in total. The molecule has 0 aliphatic heterocycles. The lowest BCUT2D eigenvalue weighted by atomic mass is 10.2. The van der Waals surface area contributed by atoms with Crippen LogP contribution in [0.5, 0.6) is 0 Å². The number of nitrogen functional groups attached to an aromatic ring is 1. The van der Waals surface area contributed by atoms with Crippen molar-refractivity contribution < 1.29 is 4.39 Å². The van der Waals surface area contributed by atoms with E-state index in [1.807, 2.05) is 0 Å². The molecular formula is C8H8FN3. The molecule has 0 aliphatic carbocycles. The van der Waals surface area contributed by atoms with Gasteiger partial charge in [0.2, 0.25) is 0 Å². The number of nitrogens with zero attached hydrogens (tertiary/aromatic N) is 1. The van der Waals surface area contributed by atoms with Gasteiger partial charge in [0.1, 0.15) is 0 Å². The van der Waals surface area contributed by atoms with E-state index in [-0.39, 0.29) is 5.82 Å². The van der Waals surface area contributed by atoms with E-state index in [4.69, 9.17) is 5.73 Å². The normalized spacial score (nSPS) is 10.8. The first-order chi connectivity index (χ1) is 5.70. The maximum absolute atomic E-state index is 13.0. The van der Waals surface area contributed by atoms with Crippen LogP contribution in [0.4, 0.5) is 10.1 Å². The molecule has 2 heterocycles. The summed E-state index contributed by atoms with van der Waals surface area (Å²) in [4.78, 5) is 6.62. The van der Waals surface area contributed by atoms with Crippen molar-refractivity contribution >= 4 is 16.6 Å². The highest BCUT2D eigenvalue weighted by atomic mass is 19.1. The van der Waals surface area contributed by atoms with Crippen LogP contribution in [-0.4, -0.2) is 9.97 Å². The molecule has 62 valence electrons. The second kappa shape index (κ2) is 2.20. The van der Waals surface area contributed by atoms with Gasteiger partial charge in [0.25, 0.3) is 0 Å². The monoisotopic (exact) mass is 165 g/mol. The summed E-state index contributed by atoms with van der Waals surface area (Å²) < 4.78 is 13.0. The molecular weight excluding hydrogens is 157 g/mol. The lowest BCUT2D eigenvalue weighted by molar-refractivity contribution is 0.630. The Hall–Kier alpha value is -1.58. The van der Waals surface area contributed by atoms with Gasteiger partial charge in [0, 0.05) is 17.3 Å². The fourth-order valence-corrected chi connectivity index (χ4v) is 1.30. The first-order valence-corrected chi connectivity index (χ1v) is 3.58. The van der Waals surface area contributed by atoms with Gasteiger partial charge in [-0.25, -0.2) is 4.39 Å². The van der Waals surface area contributed by atoms with Gasteiger partial charge in [-0.05, 0) is 6.92 Å². The van der Waals surface area contributed by atoms with E-state index in [0.29, 0.717) is 16.6 Å². The third kappa shape index (κ3) is 0.777. The molecule has 0 aliphatic rings. The van der Waals surface area contributed by atoms with Gasteiger partial charge in [0.15, 0.2) is 5.82 Å². The molecule has 2 aromatic heterocycles. The number of H-pyrrole nitrogens is 1. The number of rotatable bonds is 0. The van der Waals surface area contributed by atoms with Crippen LogP contribution in [0.2, 0.25) is 0 Å². The van der Waals surface area contributed by atoms with Crippen molar-refractivity contribution in [3.8, 4) is 0 Å². The number of hydrogen-bond donors (Lipinski definition) is 2. The SMILES string of the molecule is Cc1ncc(F)c2[nH]cc(N)c12. The summed E-state index contributed by atoms with van der Waals surface area (Å²) in [6.07, 6.45) is 2.76. The number of nitrogens with one attached hydrogen (secondary N) is 1. The third-order valence-electron chi connectivity index (χ3n) is 1.88. The first kappa shape index (κ1) is 7.09. The first-order valence-electron chi connectivity index (χ1n) is 3.58. The minimum absolute atomic E-state index is 0.368. The van der Waals surface area contributed by atoms with Crippen molar-refractivity contribution in [3.63, 3.8) is 0 Å². The fraction of sp³-hybridized carbons (Fsp3) is 0.125. The summed E-state index contributed by atoms with van der Waals surface area (Å²) in [5, 5.41) is 0.676. The van der Waals surface area contributed by atoms with Crippen LogP contribution in [0, 0.1) is 12.7 Å². The molecule has 3 N–H and O–H groups in total. The molecule has 0 saturated carbocycles. The van der Waals surface area contributed by atoms with Crippen LogP contribution in [0.25, 0.3) is 10.9 Å². The molecule has 0 aromatic carbocycles. The molecule has 0 saturated heterocycles. The average Bonchev–Trinajstić information content (AvgIpc) is 2.42. The summed E-state index contributed by atoms with van der Waals surface area (Å²) in [6, 6.07) is 0. The van der Waals surface area contributed by atoms with E-state index in [9.17, 15) is 4.39 Å². The van der Waals surface area contributed by atoms with Gasteiger partial charge in [-0.2, -0.15) is 0 Å². The highest BCUT2D eigenvalue weighted by Gasteiger charge is 2.08. The number of fused-ring (bicyclic) bond motifs is 1. The highest BCUT2D eigenvalue weighted by Crippen LogP contribution is 2.24. The Labute approximate surface area is 68.4 Å². The topological polar surface area (TPSA) is 54.7 Å². The summed E-state index contributed by atoms with van der Waals surface area (Å²) >= 11 is 0. The highest BCUT2D eigenvalue weighted by molar-refractivity contribution is 5.93. The molecule has 0 unspecified atom stereocenters. The molecule has 0 bridgehead atoms. The number of nitrogens with two attached hydrogens (primary N) is 1. The van der Waals surface area contributed by atoms with Crippen molar-refractivity contribution in [3.05, 3.63) is 23.9 Å². The predicted molar refractivity (Wildman–Crippen MR) is 45.2 cm³/mol. The van der Waals surface area contributed by atoms with Gasteiger partial charge in [-0.3, -0.25) is 4.98 Å². The van der Waals surface area contributed by atoms with Crippen LogP contribution in [0.1, 0.15) is 5.69 Å². The van der Waals surface area contributed by atoms with Crippen molar-refractivity contribution in [1.82, 2.24) is 9.97 Å². The Morgan fingerprint density at radius 1 is 1.58 bits per heavy atom. The van der Waals surface area contributed by atoms with Crippen molar-refractivity contribution in [2.75, 3.05) is 5.73 Å². The van der Waals surface area contributed by atoms with Crippen LogP contribution < -0.4 is 5.73 Å². The molecule has 0 spiro atoms. The molecule has 12 heavy (non-hydrogen) atoms. The summed E-state index contributed by atoms with van der Waals surface area (Å²) in [5.41, 5.74) is 7.32. The number of halogens is 1. The van der Waals surface area contributed by atoms with E-state index in [2.05, 4.69) is 9.97 Å². The Bertz CT molecular complexity index is 433. The van der Waals surface area contributed by atoms with E-state index < -0.39 is 0 Å². The Balaban J connectivity index is 2.98.